The lowest BCUT2D eigenvalue weighted by Gasteiger charge is -2.62. The number of carbonyl (C=O) groups is 1. The molecule has 0 saturated heterocycles. The summed E-state index contributed by atoms with van der Waals surface area (Å²) in [6.07, 6.45) is 7.05. The molecule has 0 aliphatic heterocycles. The van der Waals surface area contributed by atoms with Crippen molar-refractivity contribution >= 4 is 28.9 Å². The van der Waals surface area contributed by atoms with Crippen LogP contribution in [-0.2, 0) is 11.3 Å². The molecule has 8 heteroatoms. The Morgan fingerprint density at radius 2 is 2.03 bits per heavy atom. The molecule has 29 heavy (non-hydrogen) atoms. The third-order valence-corrected chi connectivity index (χ3v) is 7.30. The summed E-state index contributed by atoms with van der Waals surface area (Å²) in [7, 11) is 0. The van der Waals surface area contributed by atoms with Crippen LogP contribution >= 0.6 is 11.6 Å². The van der Waals surface area contributed by atoms with E-state index in [9.17, 15) is 9.59 Å². The van der Waals surface area contributed by atoms with Crippen molar-refractivity contribution in [1.82, 2.24) is 14.8 Å². The fourth-order valence-corrected chi connectivity index (χ4v) is 5.19. The first-order valence-corrected chi connectivity index (χ1v) is 10.4. The lowest BCUT2D eigenvalue weighted by atomic mass is 9.45. The molecule has 154 valence electrons. The Kier molecular flexibility index (Phi) is 5.11. The molecule has 2 aromatic heterocycles. The first kappa shape index (κ1) is 19.9. The number of nitrogens with zero attached hydrogens (tertiary/aromatic N) is 3. The molecule has 0 aromatic carbocycles. The largest absolute Gasteiger partial charge is 0.379 e. The minimum atomic E-state index is -0.476. The summed E-state index contributed by atoms with van der Waals surface area (Å²) in [6, 6.07) is 3.62. The Bertz CT molecular complexity index is 975. The molecule has 2 heterocycles. The lowest BCUT2D eigenvalue weighted by Crippen LogP contribution is -2.58. The lowest BCUT2D eigenvalue weighted by molar-refractivity contribution is -0.117. The van der Waals surface area contributed by atoms with Crippen molar-refractivity contribution in [3.05, 3.63) is 46.1 Å². The van der Waals surface area contributed by atoms with E-state index < -0.39 is 5.56 Å². The monoisotopic (exact) mass is 415 g/mol. The van der Waals surface area contributed by atoms with Crippen LogP contribution in [0.5, 0.6) is 0 Å². The first-order chi connectivity index (χ1) is 13.8. The molecule has 2 N–H and O–H groups in total. The van der Waals surface area contributed by atoms with E-state index in [0.29, 0.717) is 34.5 Å². The number of rotatable bonds is 5. The van der Waals surface area contributed by atoms with E-state index in [4.69, 9.17) is 11.6 Å². The highest BCUT2D eigenvalue weighted by Gasteiger charge is 2.56. The predicted octanol–water partition coefficient (Wildman–Crippen LogP) is 3.41. The van der Waals surface area contributed by atoms with Gasteiger partial charge in [-0.3, -0.25) is 14.6 Å². The molecule has 0 radical (unpaired) electrons. The van der Waals surface area contributed by atoms with E-state index in [-0.39, 0.29) is 23.5 Å². The van der Waals surface area contributed by atoms with E-state index in [1.165, 1.54) is 6.42 Å². The number of hydrogen-bond donors (Lipinski definition) is 2. The Morgan fingerprint density at radius 1 is 1.31 bits per heavy atom. The quantitative estimate of drug-likeness (QED) is 0.781. The smallest absolute Gasteiger partial charge is 0.288 e. The van der Waals surface area contributed by atoms with Gasteiger partial charge in [-0.1, -0.05) is 32.4 Å². The molecular weight excluding hydrogens is 390 g/mol. The summed E-state index contributed by atoms with van der Waals surface area (Å²) < 4.78 is 1.08. The highest BCUT2D eigenvalue weighted by atomic mass is 35.5. The van der Waals surface area contributed by atoms with Crippen LogP contribution in [-0.4, -0.2) is 26.7 Å². The molecule has 7 nitrogen and oxygen atoms in total. The number of fused-ring (bicyclic) bond motifs is 2. The van der Waals surface area contributed by atoms with Crippen LogP contribution in [0.25, 0.3) is 0 Å². The van der Waals surface area contributed by atoms with Crippen LogP contribution in [0.1, 0.15) is 33.6 Å². The number of anilines is 2. The van der Waals surface area contributed by atoms with Crippen LogP contribution in [0, 0.1) is 23.2 Å². The Balaban J connectivity index is 1.44. The molecule has 1 amide bonds. The Labute approximate surface area is 174 Å². The molecule has 5 rings (SSSR count). The van der Waals surface area contributed by atoms with Crippen molar-refractivity contribution < 1.29 is 4.79 Å². The average molecular weight is 416 g/mol. The van der Waals surface area contributed by atoms with Gasteiger partial charge in [-0.05, 0) is 48.1 Å². The topological polar surface area (TPSA) is 88.9 Å². The van der Waals surface area contributed by atoms with Crippen molar-refractivity contribution in [3.63, 3.8) is 0 Å². The molecule has 3 aliphatic carbocycles. The molecule has 3 aliphatic rings. The zero-order valence-electron chi connectivity index (χ0n) is 16.9. The Morgan fingerprint density at radius 3 is 2.69 bits per heavy atom. The molecule has 4 atom stereocenters. The van der Waals surface area contributed by atoms with Gasteiger partial charge < -0.3 is 10.6 Å². The summed E-state index contributed by atoms with van der Waals surface area (Å²) in [5.41, 5.74) is 1.06. The van der Waals surface area contributed by atoms with Gasteiger partial charge in [0.05, 0.1) is 11.9 Å². The van der Waals surface area contributed by atoms with Crippen LogP contribution in [0.3, 0.4) is 0 Å². The Hall–Kier alpha value is -2.41. The van der Waals surface area contributed by atoms with Gasteiger partial charge in [-0.15, -0.1) is 0 Å². The highest BCUT2D eigenvalue weighted by molar-refractivity contribution is 6.32. The minimum Gasteiger partial charge on any atom is -0.379 e. The second-order valence-corrected chi connectivity index (χ2v) is 9.20. The van der Waals surface area contributed by atoms with E-state index in [1.807, 2.05) is 0 Å². The normalized spacial score (nSPS) is 27.0. The number of carbonyl (C=O) groups excluding carboxylic acids is 1. The summed E-state index contributed by atoms with van der Waals surface area (Å²) in [5, 5.41) is 10.4. The van der Waals surface area contributed by atoms with Gasteiger partial charge in [0.25, 0.3) is 5.56 Å². The summed E-state index contributed by atoms with van der Waals surface area (Å²) in [4.78, 5) is 28.7. The fraction of sp³-hybridized carbons (Fsp3) is 0.524. The maximum Gasteiger partial charge on any atom is 0.288 e. The third kappa shape index (κ3) is 3.64. The number of nitrogens with one attached hydrogen (secondary N) is 2. The first-order valence-electron chi connectivity index (χ1n) is 9.99. The SMILES string of the molecule is C[C@@H]1[C@H]2C[C@@H](C[C@H]1Nc1cnn(CC(=O)Nc3ccncc3)c(=O)c1Cl)C2(C)C. The van der Waals surface area contributed by atoms with Crippen LogP contribution in [0.4, 0.5) is 11.4 Å². The average Bonchev–Trinajstić information content (AvgIpc) is 2.69. The zero-order chi connectivity index (χ0) is 20.8. The van der Waals surface area contributed by atoms with E-state index in [0.717, 1.165) is 11.1 Å². The van der Waals surface area contributed by atoms with Gasteiger partial charge in [0.1, 0.15) is 11.6 Å². The molecular formula is C21H26ClN5O2. The maximum absolute atomic E-state index is 12.6. The molecule has 3 fully saturated rings. The second kappa shape index (κ2) is 7.44. The van der Waals surface area contributed by atoms with E-state index in [2.05, 4.69) is 41.5 Å². The van der Waals surface area contributed by atoms with Crippen molar-refractivity contribution in [2.24, 2.45) is 23.2 Å². The highest BCUT2D eigenvalue weighted by Crippen LogP contribution is 2.61. The van der Waals surface area contributed by atoms with Gasteiger partial charge in [-0.2, -0.15) is 5.10 Å². The van der Waals surface area contributed by atoms with Crippen molar-refractivity contribution in [3.8, 4) is 0 Å². The summed E-state index contributed by atoms with van der Waals surface area (Å²) >= 11 is 6.34. The van der Waals surface area contributed by atoms with E-state index >= 15 is 0 Å². The van der Waals surface area contributed by atoms with Gasteiger partial charge in [-0.25, -0.2) is 4.68 Å². The molecule has 0 spiro atoms. The molecule has 2 bridgehead atoms. The van der Waals surface area contributed by atoms with Gasteiger partial charge in [0, 0.05) is 24.1 Å². The zero-order valence-corrected chi connectivity index (χ0v) is 17.6. The number of halogens is 1. The van der Waals surface area contributed by atoms with E-state index in [1.54, 1.807) is 30.7 Å². The number of aromatic nitrogens is 3. The number of amides is 1. The van der Waals surface area contributed by atoms with Crippen molar-refractivity contribution in [2.45, 2.75) is 46.2 Å². The van der Waals surface area contributed by atoms with Gasteiger partial charge in [0.15, 0.2) is 0 Å². The summed E-state index contributed by atoms with van der Waals surface area (Å²) in [5.74, 6) is 1.53. The predicted molar refractivity (Wildman–Crippen MR) is 113 cm³/mol. The number of hydrogen-bond acceptors (Lipinski definition) is 5. The number of pyridine rings is 1. The minimum absolute atomic E-state index is 0.0717. The fourth-order valence-electron chi connectivity index (χ4n) is 4.99. The van der Waals surface area contributed by atoms with Crippen LogP contribution < -0.4 is 16.2 Å². The molecule has 0 unspecified atom stereocenters. The second-order valence-electron chi connectivity index (χ2n) is 8.83. The van der Waals surface area contributed by atoms with Crippen molar-refractivity contribution in [1.29, 1.82) is 0 Å². The summed E-state index contributed by atoms with van der Waals surface area (Å²) in [6.45, 7) is 6.77. The third-order valence-electron chi connectivity index (χ3n) is 6.94. The van der Waals surface area contributed by atoms with Crippen LogP contribution in [0.15, 0.2) is 35.5 Å². The standard InChI is InChI=1S/C21H26ClN5O2/c1-12-15-8-13(21(15,2)3)9-16(12)26-17-10-24-27(20(29)19(17)22)11-18(28)25-14-4-6-23-7-5-14/h4-7,10,12-13,15-16,26H,8-9,11H2,1-3H3,(H,23,25,28)/t12-,13+,15-,16-/m1/s1. The van der Waals surface area contributed by atoms with Gasteiger partial charge >= 0.3 is 0 Å². The van der Waals surface area contributed by atoms with Crippen LogP contribution in [0.2, 0.25) is 5.02 Å². The van der Waals surface area contributed by atoms with Crippen molar-refractivity contribution in [2.75, 3.05) is 10.6 Å². The molecule has 2 aromatic rings. The maximum atomic E-state index is 12.6. The van der Waals surface area contributed by atoms with Gasteiger partial charge in [0.2, 0.25) is 5.91 Å². The molecule has 3 saturated carbocycles.